The molecule has 0 aliphatic carbocycles. The number of nitrogens with two attached hydrogens (primary N) is 2. The van der Waals surface area contributed by atoms with Crippen molar-refractivity contribution >= 4 is 34.8 Å². The normalized spacial score (nSPS) is 11.5. The van der Waals surface area contributed by atoms with Gasteiger partial charge in [-0.05, 0) is 29.7 Å². The molecule has 0 aliphatic rings. The lowest BCUT2D eigenvalue weighted by atomic mass is 10.0. The smallest absolute Gasteiger partial charge is 0.289 e. The van der Waals surface area contributed by atoms with Crippen LogP contribution in [0.3, 0.4) is 0 Å². The van der Waals surface area contributed by atoms with Crippen molar-refractivity contribution in [3.63, 3.8) is 0 Å². The van der Waals surface area contributed by atoms with Gasteiger partial charge >= 0.3 is 0 Å². The number of hydrogen-bond donors (Lipinski definition) is 4. The lowest BCUT2D eigenvalue weighted by molar-refractivity contribution is -0.138. The Kier molecular flexibility index (Phi) is 14.8. The minimum atomic E-state index is -0.663. The Labute approximate surface area is 190 Å². The molecule has 8 nitrogen and oxygen atoms in total. The summed E-state index contributed by atoms with van der Waals surface area (Å²) < 4.78 is 0. The van der Waals surface area contributed by atoms with Crippen molar-refractivity contribution < 1.29 is 19.2 Å². The van der Waals surface area contributed by atoms with Crippen LogP contribution in [-0.4, -0.2) is 42.6 Å². The second-order valence-electron chi connectivity index (χ2n) is 6.74. The first-order chi connectivity index (χ1) is 15.3. The largest absolute Gasteiger partial charge is 0.368 e. The maximum Gasteiger partial charge on any atom is 0.289 e. The van der Waals surface area contributed by atoms with Gasteiger partial charge in [-0.25, -0.2) is 0 Å². The molecule has 176 valence electrons. The van der Waals surface area contributed by atoms with Gasteiger partial charge in [-0.2, -0.15) is 0 Å². The van der Waals surface area contributed by atoms with Crippen LogP contribution in [0.1, 0.15) is 46.1 Å². The second kappa shape index (κ2) is 16.4. The van der Waals surface area contributed by atoms with Crippen LogP contribution in [0.5, 0.6) is 0 Å². The van der Waals surface area contributed by atoms with Crippen molar-refractivity contribution in [2.24, 2.45) is 11.5 Å². The average Bonchev–Trinajstić information content (AvgIpc) is 2.80. The van der Waals surface area contributed by atoms with Crippen LogP contribution in [0, 0.1) is 0 Å². The highest BCUT2D eigenvalue weighted by molar-refractivity contribution is 6.38. The maximum atomic E-state index is 11.2. The molecule has 8 heteroatoms. The Balaban J connectivity index is 0.000000602. The monoisotopic (exact) mass is 444 g/mol. The molecule has 3 amide bonds. The third kappa shape index (κ3) is 10.2. The summed E-state index contributed by atoms with van der Waals surface area (Å²) in [6.45, 7) is 8.14. The van der Waals surface area contributed by atoms with Crippen molar-refractivity contribution in [3.8, 4) is 0 Å². The van der Waals surface area contributed by atoms with E-state index >= 15 is 0 Å². The number of carbonyl (C=O) groups excluding carboxylic acids is 4. The van der Waals surface area contributed by atoms with Gasteiger partial charge in [0.15, 0.2) is 0 Å². The summed E-state index contributed by atoms with van der Waals surface area (Å²) in [5.41, 5.74) is 11.6. The van der Waals surface area contributed by atoms with E-state index in [1.807, 2.05) is 63.2 Å². The van der Waals surface area contributed by atoms with Crippen molar-refractivity contribution in [1.82, 2.24) is 10.6 Å². The highest BCUT2D eigenvalue weighted by Gasteiger charge is 2.19. The molecule has 6 N–H and O–H groups in total. The van der Waals surface area contributed by atoms with E-state index in [4.69, 9.17) is 11.5 Å². The standard InChI is InChI=1S/C14H14N2O2.C8H16N2O2.C2H6/c15-14(18)13(16-9-17)8-10-5-6-11-3-1-2-4-12(11)7-10;1-3-5-6(9)7(11)8(12)10-4-2;1-2/h1-7,9,13H,8H2,(H2,15,18)(H,16,17);6H,3-5,9H2,1-2H3,(H,10,12);1-2H3. The fourth-order valence-electron chi connectivity index (χ4n) is 2.78. The third-order valence-electron chi connectivity index (χ3n) is 4.36. The molecule has 0 aliphatic heterocycles. The van der Waals surface area contributed by atoms with Crippen molar-refractivity contribution in [3.05, 3.63) is 48.0 Å². The van der Waals surface area contributed by atoms with Gasteiger partial charge in [-0.15, -0.1) is 0 Å². The number of fused-ring (bicyclic) bond motifs is 1. The van der Waals surface area contributed by atoms with E-state index in [9.17, 15) is 19.2 Å². The summed E-state index contributed by atoms with van der Waals surface area (Å²) in [7, 11) is 0. The zero-order chi connectivity index (χ0) is 24.5. The fraction of sp³-hybridized carbons (Fsp3) is 0.417. The number of hydrogen-bond acceptors (Lipinski definition) is 5. The molecule has 0 aromatic heterocycles. The van der Waals surface area contributed by atoms with Crippen LogP contribution in [0.15, 0.2) is 42.5 Å². The van der Waals surface area contributed by atoms with Gasteiger partial charge in [0.25, 0.3) is 5.91 Å². The number of primary amides is 1. The Morgan fingerprint density at radius 1 is 1.03 bits per heavy atom. The van der Waals surface area contributed by atoms with Gasteiger partial charge in [-0.1, -0.05) is 69.7 Å². The van der Waals surface area contributed by atoms with E-state index < -0.39 is 29.7 Å². The van der Waals surface area contributed by atoms with Crippen LogP contribution in [0.4, 0.5) is 0 Å². The minimum absolute atomic E-state index is 0.402. The van der Waals surface area contributed by atoms with Crippen molar-refractivity contribution in [2.75, 3.05) is 6.54 Å². The molecule has 2 unspecified atom stereocenters. The number of rotatable bonds is 10. The summed E-state index contributed by atoms with van der Waals surface area (Å²) in [6.07, 6.45) is 2.28. The summed E-state index contributed by atoms with van der Waals surface area (Å²) >= 11 is 0. The molecule has 0 heterocycles. The molecule has 32 heavy (non-hydrogen) atoms. The molecule has 2 atom stereocenters. The lowest BCUT2D eigenvalue weighted by Crippen LogP contribution is -2.42. The van der Waals surface area contributed by atoms with Crippen LogP contribution in [0.25, 0.3) is 10.8 Å². The number of Topliss-reactive ketones (excluding diaryl/α,β-unsaturated/α-hetero) is 1. The molecule has 2 aromatic rings. The predicted octanol–water partition coefficient (Wildman–Crippen LogP) is 1.83. The summed E-state index contributed by atoms with van der Waals surface area (Å²) in [6, 6.07) is 12.6. The fourth-order valence-corrected chi connectivity index (χ4v) is 2.78. The Morgan fingerprint density at radius 2 is 1.66 bits per heavy atom. The van der Waals surface area contributed by atoms with E-state index in [0.717, 1.165) is 22.8 Å². The van der Waals surface area contributed by atoms with Gasteiger partial charge in [0.05, 0.1) is 6.04 Å². The summed E-state index contributed by atoms with van der Waals surface area (Å²) in [5, 5.41) is 7.08. The third-order valence-corrected chi connectivity index (χ3v) is 4.36. The first-order valence-electron chi connectivity index (χ1n) is 10.9. The van der Waals surface area contributed by atoms with Crippen LogP contribution in [-0.2, 0) is 25.6 Å². The van der Waals surface area contributed by atoms with Crippen LogP contribution in [0.2, 0.25) is 0 Å². The molecular weight excluding hydrogens is 408 g/mol. The Hall–Kier alpha value is -3.26. The number of nitrogens with one attached hydrogen (secondary N) is 2. The number of ketones is 1. The van der Waals surface area contributed by atoms with Gasteiger partial charge in [-0.3, -0.25) is 19.2 Å². The van der Waals surface area contributed by atoms with E-state index in [-0.39, 0.29) is 0 Å². The quantitative estimate of drug-likeness (QED) is 0.326. The second-order valence-corrected chi connectivity index (χ2v) is 6.74. The van der Waals surface area contributed by atoms with E-state index in [0.29, 0.717) is 25.8 Å². The highest BCUT2D eigenvalue weighted by Crippen LogP contribution is 2.16. The summed E-state index contributed by atoms with van der Waals surface area (Å²) in [4.78, 5) is 43.6. The average molecular weight is 445 g/mol. The highest BCUT2D eigenvalue weighted by atomic mass is 16.2. The Bertz CT molecular complexity index is 870. The molecule has 0 fully saturated rings. The number of likely N-dealkylation sites (N-methyl/N-ethyl adjacent to an activating group) is 1. The molecular formula is C24H36N4O4. The van der Waals surface area contributed by atoms with E-state index in [1.165, 1.54) is 0 Å². The first kappa shape index (κ1) is 28.7. The van der Waals surface area contributed by atoms with Crippen LogP contribution >= 0.6 is 0 Å². The zero-order valence-electron chi connectivity index (χ0n) is 19.4. The number of benzene rings is 2. The summed E-state index contributed by atoms with van der Waals surface area (Å²) in [5.74, 6) is -1.62. The molecule has 0 bridgehead atoms. The van der Waals surface area contributed by atoms with Gasteiger partial charge in [0.1, 0.15) is 6.04 Å². The first-order valence-corrected chi connectivity index (χ1v) is 10.9. The topological polar surface area (TPSA) is 144 Å². The number of amides is 3. The molecule has 2 aromatic carbocycles. The van der Waals surface area contributed by atoms with Gasteiger partial charge in [0, 0.05) is 13.0 Å². The maximum absolute atomic E-state index is 11.2. The minimum Gasteiger partial charge on any atom is -0.368 e. The van der Waals surface area contributed by atoms with Gasteiger partial charge < -0.3 is 22.1 Å². The lowest BCUT2D eigenvalue weighted by Gasteiger charge is -2.12. The molecule has 0 saturated heterocycles. The Morgan fingerprint density at radius 3 is 2.19 bits per heavy atom. The van der Waals surface area contributed by atoms with E-state index in [2.05, 4.69) is 10.6 Å². The molecule has 0 radical (unpaired) electrons. The molecule has 2 rings (SSSR count). The predicted molar refractivity (Wildman–Crippen MR) is 128 cm³/mol. The van der Waals surface area contributed by atoms with Crippen molar-refractivity contribution in [2.45, 2.75) is 59.0 Å². The molecule has 0 saturated carbocycles. The SMILES string of the molecule is CC.CCCC(N)C(=O)C(=O)NCC.NC(=O)C(Cc1ccc2ccccc2c1)NC=O. The van der Waals surface area contributed by atoms with Crippen LogP contribution < -0.4 is 22.1 Å². The van der Waals surface area contributed by atoms with Crippen molar-refractivity contribution in [1.29, 1.82) is 0 Å². The van der Waals surface area contributed by atoms with E-state index in [1.54, 1.807) is 6.92 Å². The zero-order valence-corrected chi connectivity index (χ0v) is 19.4. The molecule has 0 spiro atoms. The number of carbonyl (C=O) groups is 4. The van der Waals surface area contributed by atoms with Gasteiger partial charge in [0.2, 0.25) is 18.1 Å².